The van der Waals surface area contributed by atoms with Gasteiger partial charge in [0.15, 0.2) is 17.4 Å². The number of ketones is 1. The Labute approximate surface area is 106 Å². The van der Waals surface area contributed by atoms with Crippen LogP contribution in [0.25, 0.3) is 0 Å². The smallest absolute Gasteiger partial charge is 0.170 e. The minimum absolute atomic E-state index is 0.123. The van der Waals surface area contributed by atoms with Gasteiger partial charge in [0.1, 0.15) is 0 Å². The van der Waals surface area contributed by atoms with Gasteiger partial charge in [-0.3, -0.25) is 4.79 Å². The van der Waals surface area contributed by atoms with Crippen molar-refractivity contribution in [3.05, 3.63) is 34.9 Å². The van der Waals surface area contributed by atoms with Crippen LogP contribution in [0.15, 0.2) is 12.1 Å². The van der Waals surface area contributed by atoms with Gasteiger partial charge in [-0.2, -0.15) is 0 Å². The Hall–Kier alpha value is -1.25. The van der Waals surface area contributed by atoms with E-state index in [9.17, 15) is 13.6 Å². The van der Waals surface area contributed by atoms with Crippen LogP contribution in [0, 0.1) is 35.3 Å². The molecule has 1 aliphatic rings. The highest BCUT2D eigenvalue weighted by Crippen LogP contribution is 2.69. The summed E-state index contributed by atoms with van der Waals surface area (Å²) in [7, 11) is 0. The molecule has 3 heteroatoms. The summed E-state index contributed by atoms with van der Waals surface area (Å²) in [5.74, 6) is -2.47. The van der Waals surface area contributed by atoms with Gasteiger partial charge in [-0.05, 0) is 29.4 Å². The second-order valence-electron chi connectivity index (χ2n) is 6.30. The molecule has 18 heavy (non-hydrogen) atoms. The summed E-state index contributed by atoms with van der Waals surface area (Å²) in [5, 5.41) is 0. The lowest BCUT2D eigenvalue weighted by atomic mass is 9.99. The lowest BCUT2D eigenvalue weighted by Gasteiger charge is -2.06. The van der Waals surface area contributed by atoms with Gasteiger partial charge in [0.05, 0.1) is 5.56 Å². The van der Waals surface area contributed by atoms with Crippen LogP contribution in [0.4, 0.5) is 8.78 Å². The van der Waals surface area contributed by atoms with Gasteiger partial charge >= 0.3 is 0 Å². The number of Topliss-reactive ketones (excluding diaryl/α,β-unsaturated/α-hetero) is 1. The largest absolute Gasteiger partial charge is 0.294 e. The normalized spacial score (nSPS) is 20.8. The summed E-state index contributed by atoms with van der Waals surface area (Å²) in [6.45, 7) is 9.42. The molecular formula is C15H18F2O. The van der Waals surface area contributed by atoms with Gasteiger partial charge < -0.3 is 0 Å². The molecule has 0 atom stereocenters. The van der Waals surface area contributed by atoms with Crippen molar-refractivity contribution in [1.29, 1.82) is 0 Å². The third-order valence-electron chi connectivity index (χ3n) is 4.82. The third kappa shape index (κ3) is 1.53. The van der Waals surface area contributed by atoms with Crippen LogP contribution in [0.5, 0.6) is 0 Å². The van der Waals surface area contributed by atoms with Gasteiger partial charge in [0, 0.05) is 5.92 Å². The lowest BCUT2D eigenvalue weighted by molar-refractivity contribution is 0.0940. The molecule has 0 unspecified atom stereocenters. The molecule has 0 saturated heterocycles. The van der Waals surface area contributed by atoms with E-state index in [0.717, 1.165) is 0 Å². The predicted molar refractivity (Wildman–Crippen MR) is 66.5 cm³/mol. The Morgan fingerprint density at radius 1 is 1.06 bits per heavy atom. The van der Waals surface area contributed by atoms with Crippen LogP contribution in [0.1, 0.15) is 43.6 Å². The number of benzene rings is 1. The molecule has 0 aromatic heterocycles. The Kier molecular flexibility index (Phi) is 2.66. The van der Waals surface area contributed by atoms with E-state index in [4.69, 9.17) is 0 Å². The molecule has 98 valence electrons. The van der Waals surface area contributed by atoms with E-state index in [1.54, 1.807) is 0 Å². The van der Waals surface area contributed by atoms with Gasteiger partial charge in [-0.25, -0.2) is 8.78 Å². The molecule has 0 radical (unpaired) electrons. The summed E-state index contributed by atoms with van der Waals surface area (Å²) in [6, 6.07) is 2.84. The first-order valence-corrected chi connectivity index (χ1v) is 6.11. The minimum atomic E-state index is -1.02. The number of rotatable bonds is 2. The van der Waals surface area contributed by atoms with Crippen molar-refractivity contribution >= 4 is 5.78 Å². The molecule has 0 spiro atoms. The van der Waals surface area contributed by atoms with Gasteiger partial charge in [-0.1, -0.05) is 33.8 Å². The fourth-order valence-electron chi connectivity index (χ4n) is 2.84. The molecule has 0 aliphatic heterocycles. The van der Waals surface area contributed by atoms with E-state index < -0.39 is 11.6 Å². The van der Waals surface area contributed by atoms with E-state index in [-0.39, 0.29) is 33.7 Å². The van der Waals surface area contributed by atoms with Crippen LogP contribution in [0.3, 0.4) is 0 Å². The maximum atomic E-state index is 13.8. The molecule has 1 saturated carbocycles. The van der Waals surface area contributed by atoms with Crippen LogP contribution in [0.2, 0.25) is 0 Å². The van der Waals surface area contributed by atoms with Crippen molar-refractivity contribution in [3.63, 3.8) is 0 Å². The van der Waals surface area contributed by atoms with E-state index >= 15 is 0 Å². The van der Waals surface area contributed by atoms with Gasteiger partial charge in [-0.15, -0.1) is 0 Å². The number of aryl methyl sites for hydroxylation is 1. The lowest BCUT2D eigenvalue weighted by Crippen LogP contribution is -2.11. The minimum Gasteiger partial charge on any atom is -0.294 e. The van der Waals surface area contributed by atoms with Crippen LogP contribution in [-0.4, -0.2) is 5.78 Å². The summed E-state index contributed by atoms with van der Waals surface area (Å²) < 4.78 is 27.3. The Balaban J connectivity index is 2.41. The van der Waals surface area contributed by atoms with Crippen molar-refractivity contribution in [3.8, 4) is 0 Å². The second-order valence-corrected chi connectivity index (χ2v) is 6.30. The quantitative estimate of drug-likeness (QED) is 0.723. The Morgan fingerprint density at radius 2 is 1.56 bits per heavy atom. The topological polar surface area (TPSA) is 17.1 Å². The van der Waals surface area contributed by atoms with E-state index in [2.05, 4.69) is 0 Å². The van der Waals surface area contributed by atoms with Crippen LogP contribution < -0.4 is 0 Å². The molecule has 1 nitrogen and oxygen atoms in total. The number of hydrogen-bond acceptors (Lipinski definition) is 1. The standard InChI is InChI=1S/C15H18F2O/c1-8-6-7-9(11(17)10(8)16)12(18)13-14(2,3)15(13,4)5/h6-7,13H,1-5H3. The number of hydrogen-bond donors (Lipinski definition) is 0. The van der Waals surface area contributed by atoms with Gasteiger partial charge in [0.2, 0.25) is 0 Å². The van der Waals surface area contributed by atoms with Crippen molar-refractivity contribution in [2.45, 2.75) is 34.6 Å². The molecule has 1 aromatic carbocycles. The predicted octanol–water partition coefficient (Wildman–Crippen LogP) is 4.14. The molecular weight excluding hydrogens is 234 g/mol. The average molecular weight is 252 g/mol. The van der Waals surface area contributed by atoms with E-state index in [1.165, 1.54) is 19.1 Å². The van der Waals surface area contributed by atoms with Crippen LogP contribution >= 0.6 is 0 Å². The summed E-state index contributed by atoms with van der Waals surface area (Å²) >= 11 is 0. The number of carbonyl (C=O) groups excluding carboxylic acids is 1. The fraction of sp³-hybridized carbons (Fsp3) is 0.533. The molecule has 0 N–H and O–H groups in total. The molecule has 1 fully saturated rings. The number of carbonyl (C=O) groups is 1. The number of halogens is 2. The molecule has 0 amide bonds. The SMILES string of the molecule is Cc1ccc(C(=O)C2C(C)(C)C2(C)C)c(F)c1F. The first-order chi connectivity index (χ1) is 8.12. The highest BCUT2D eigenvalue weighted by molar-refractivity contribution is 6.01. The van der Waals surface area contributed by atoms with Gasteiger partial charge in [0.25, 0.3) is 0 Å². The summed E-state index contributed by atoms with van der Waals surface area (Å²) in [6.07, 6.45) is 0. The summed E-state index contributed by atoms with van der Waals surface area (Å²) in [5.41, 5.74) is -0.240. The second kappa shape index (κ2) is 3.62. The maximum Gasteiger partial charge on any atom is 0.170 e. The van der Waals surface area contributed by atoms with Crippen LogP contribution in [-0.2, 0) is 0 Å². The van der Waals surface area contributed by atoms with E-state index in [0.29, 0.717) is 0 Å². The van der Waals surface area contributed by atoms with Crippen molar-refractivity contribution in [1.82, 2.24) is 0 Å². The molecule has 1 aliphatic carbocycles. The Morgan fingerprint density at radius 3 is 2.00 bits per heavy atom. The monoisotopic (exact) mass is 252 g/mol. The van der Waals surface area contributed by atoms with Crippen molar-refractivity contribution < 1.29 is 13.6 Å². The Bertz CT molecular complexity index is 516. The zero-order valence-electron chi connectivity index (χ0n) is 11.4. The molecule has 0 bridgehead atoms. The molecule has 0 heterocycles. The highest BCUT2D eigenvalue weighted by Gasteiger charge is 2.68. The highest BCUT2D eigenvalue weighted by atomic mass is 19.2. The summed E-state index contributed by atoms with van der Waals surface area (Å²) in [4.78, 5) is 12.3. The average Bonchev–Trinajstić information content (AvgIpc) is 2.65. The fourth-order valence-corrected chi connectivity index (χ4v) is 2.84. The maximum absolute atomic E-state index is 13.8. The first-order valence-electron chi connectivity index (χ1n) is 6.11. The zero-order chi connectivity index (χ0) is 13.9. The first kappa shape index (κ1) is 13.2. The van der Waals surface area contributed by atoms with Crippen molar-refractivity contribution in [2.75, 3.05) is 0 Å². The molecule has 2 rings (SSSR count). The van der Waals surface area contributed by atoms with E-state index in [1.807, 2.05) is 27.7 Å². The van der Waals surface area contributed by atoms with Crippen molar-refractivity contribution in [2.24, 2.45) is 16.7 Å². The molecule has 1 aromatic rings. The third-order valence-corrected chi connectivity index (χ3v) is 4.82. The zero-order valence-corrected chi connectivity index (χ0v) is 11.4.